The van der Waals surface area contributed by atoms with Crippen molar-refractivity contribution in [1.29, 1.82) is 0 Å². The largest absolute Gasteiger partial charge is 0.383 e. The molecule has 0 saturated carbocycles. The zero-order valence-corrected chi connectivity index (χ0v) is 19.4. The van der Waals surface area contributed by atoms with Crippen LogP contribution in [0.2, 0.25) is 0 Å². The molecule has 0 amide bonds. The van der Waals surface area contributed by atoms with E-state index in [-0.39, 0.29) is 0 Å². The Hall–Kier alpha value is -2.40. The normalized spacial score (nSPS) is 15.2. The average Bonchev–Trinajstić information content (AvgIpc) is 2.72. The minimum absolute atomic E-state index is 0.444. The number of rotatable bonds is 9. The van der Waals surface area contributed by atoms with Crippen LogP contribution in [0, 0.1) is 0 Å². The molecule has 2 N–H and O–H groups in total. The standard InChI is InChI=1S/C25H39N5/c1-6-7-16-28-17-29(24-12-8-22(9-13-24)26-20(2)3)19-30(18-28)25-14-10-23(11-15-25)27-21(4)5/h8-15,20-21,26-27H,6-7,16-19H2,1-5H3. The van der Waals surface area contributed by atoms with Gasteiger partial charge in [-0.1, -0.05) is 13.3 Å². The highest BCUT2D eigenvalue weighted by atomic mass is 15.5. The van der Waals surface area contributed by atoms with Crippen LogP contribution in [0.4, 0.5) is 22.7 Å². The van der Waals surface area contributed by atoms with Gasteiger partial charge >= 0.3 is 0 Å². The van der Waals surface area contributed by atoms with Crippen molar-refractivity contribution in [2.24, 2.45) is 0 Å². The second-order valence-electron chi connectivity index (χ2n) is 8.94. The Labute approximate surface area is 183 Å². The molecule has 0 aliphatic carbocycles. The summed E-state index contributed by atoms with van der Waals surface area (Å²) in [6.07, 6.45) is 2.46. The zero-order valence-electron chi connectivity index (χ0n) is 19.4. The molecule has 3 rings (SSSR count). The second-order valence-corrected chi connectivity index (χ2v) is 8.94. The van der Waals surface area contributed by atoms with E-state index in [0.29, 0.717) is 12.1 Å². The smallest absolute Gasteiger partial charge is 0.0928 e. The fourth-order valence-electron chi connectivity index (χ4n) is 3.88. The van der Waals surface area contributed by atoms with Crippen molar-refractivity contribution in [1.82, 2.24) is 4.90 Å². The lowest BCUT2D eigenvalue weighted by molar-refractivity contribution is 0.238. The predicted octanol–water partition coefficient (Wildman–Crippen LogP) is 5.63. The van der Waals surface area contributed by atoms with Gasteiger partial charge in [0.05, 0.1) is 20.0 Å². The molecule has 0 aromatic heterocycles. The Morgan fingerprint density at radius 1 is 0.700 bits per heavy atom. The fraction of sp³-hybridized carbons (Fsp3) is 0.520. The van der Waals surface area contributed by atoms with Crippen molar-refractivity contribution in [2.45, 2.75) is 59.5 Å². The first-order chi connectivity index (χ1) is 14.4. The Kier molecular flexibility index (Phi) is 7.86. The van der Waals surface area contributed by atoms with Crippen LogP contribution in [-0.2, 0) is 0 Å². The Bertz CT molecular complexity index is 693. The van der Waals surface area contributed by atoms with E-state index in [2.05, 4.69) is 108 Å². The highest BCUT2D eigenvalue weighted by Gasteiger charge is 2.23. The first-order valence-corrected chi connectivity index (χ1v) is 11.4. The molecule has 0 spiro atoms. The summed E-state index contributed by atoms with van der Waals surface area (Å²) in [7, 11) is 0. The molecular weight excluding hydrogens is 370 g/mol. The van der Waals surface area contributed by atoms with Crippen molar-refractivity contribution in [3.63, 3.8) is 0 Å². The molecule has 30 heavy (non-hydrogen) atoms. The SMILES string of the molecule is CCCCN1CN(c2ccc(NC(C)C)cc2)CN(c2ccc(NC(C)C)cc2)C1. The molecule has 1 aliphatic rings. The minimum Gasteiger partial charge on any atom is -0.383 e. The first-order valence-electron chi connectivity index (χ1n) is 11.4. The average molecular weight is 410 g/mol. The molecule has 1 heterocycles. The summed E-state index contributed by atoms with van der Waals surface area (Å²) in [4.78, 5) is 7.49. The van der Waals surface area contributed by atoms with Crippen LogP contribution in [0.1, 0.15) is 47.5 Å². The summed E-state index contributed by atoms with van der Waals surface area (Å²) in [6, 6.07) is 18.6. The van der Waals surface area contributed by atoms with Gasteiger partial charge in [-0.25, -0.2) is 0 Å². The van der Waals surface area contributed by atoms with E-state index >= 15 is 0 Å². The van der Waals surface area contributed by atoms with Crippen molar-refractivity contribution < 1.29 is 0 Å². The molecule has 0 unspecified atom stereocenters. The van der Waals surface area contributed by atoms with Gasteiger partial charge in [0, 0.05) is 41.4 Å². The monoisotopic (exact) mass is 409 g/mol. The van der Waals surface area contributed by atoms with Gasteiger partial charge in [-0.05, 0) is 82.6 Å². The fourth-order valence-corrected chi connectivity index (χ4v) is 3.88. The maximum Gasteiger partial charge on any atom is 0.0928 e. The molecule has 0 atom stereocenters. The molecule has 1 saturated heterocycles. The van der Waals surface area contributed by atoms with Gasteiger partial charge < -0.3 is 20.4 Å². The quantitative estimate of drug-likeness (QED) is 0.561. The summed E-state index contributed by atoms with van der Waals surface area (Å²) in [5, 5.41) is 6.96. The van der Waals surface area contributed by atoms with Crippen molar-refractivity contribution >= 4 is 22.7 Å². The van der Waals surface area contributed by atoms with E-state index in [1.54, 1.807) is 0 Å². The maximum atomic E-state index is 3.48. The van der Waals surface area contributed by atoms with E-state index in [1.165, 1.54) is 35.6 Å². The van der Waals surface area contributed by atoms with Crippen LogP contribution in [0.5, 0.6) is 0 Å². The topological polar surface area (TPSA) is 33.8 Å². The minimum atomic E-state index is 0.444. The highest BCUT2D eigenvalue weighted by Crippen LogP contribution is 2.26. The lowest BCUT2D eigenvalue weighted by atomic mass is 10.2. The van der Waals surface area contributed by atoms with Crippen LogP contribution in [0.25, 0.3) is 0 Å². The van der Waals surface area contributed by atoms with Gasteiger partial charge in [-0.3, -0.25) is 4.90 Å². The molecule has 2 aromatic rings. The van der Waals surface area contributed by atoms with Gasteiger partial charge in [0.25, 0.3) is 0 Å². The summed E-state index contributed by atoms with van der Waals surface area (Å²) in [5.41, 5.74) is 4.90. The molecule has 0 radical (unpaired) electrons. The van der Waals surface area contributed by atoms with Crippen LogP contribution >= 0.6 is 0 Å². The van der Waals surface area contributed by atoms with E-state index in [1.807, 2.05) is 0 Å². The molecule has 164 valence electrons. The lowest BCUT2D eigenvalue weighted by Gasteiger charge is -2.44. The number of nitrogens with zero attached hydrogens (tertiary/aromatic N) is 3. The van der Waals surface area contributed by atoms with Crippen LogP contribution < -0.4 is 20.4 Å². The third kappa shape index (κ3) is 6.30. The summed E-state index contributed by atoms with van der Waals surface area (Å²) in [6.45, 7) is 14.9. The molecule has 2 aromatic carbocycles. The van der Waals surface area contributed by atoms with Gasteiger partial charge in [-0.2, -0.15) is 0 Å². The lowest BCUT2D eigenvalue weighted by Crippen LogP contribution is -2.55. The number of unbranched alkanes of at least 4 members (excludes halogenated alkanes) is 1. The number of hydrogen-bond acceptors (Lipinski definition) is 5. The van der Waals surface area contributed by atoms with Crippen molar-refractivity contribution in [3.05, 3.63) is 48.5 Å². The highest BCUT2D eigenvalue weighted by molar-refractivity contribution is 5.59. The summed E-state index contributed by atoms with van der Waals surface area (Å²) < 4.78 is 0. The van der Waals surface area contributed by atoms with Gasteiger partial charge in [0.15, 0.2) is 0 Å². The Morgan fingerprint density at radius 3 is 1.50 bits per heavy atom. The van der Waals surface area contributed by atoms with Crippen LogP contribution in [-0.4, -0.2) is 43.5 Å². The van der Waals surface area contributed by atoms with Crippen LogP contribution in [0.15, 0.2) is 48.5 Å². The summed E-state index contributed by atoms with van der Waals surface area (Å²) >= 11 is 0. The number of nitrogens with one attached hydrogen (secondary N) is 2. The Morgan fingerprint density at radius 2 is 1.13 bits per heavy atom. The van der Waals surface area contributed by atoms with E-state index in [9.17, 15) is 0 Å². The first kappa shape index (κ1) is 22.3. The molecule has 5 heteroatoms. The van der Waals surface area contributed by atoms with Gasteiger partial charge in [-0.15, -0.1) is 0 Å². The van der Waals surface area contributed by atoms with Gasteiger partial charge in [0.2, 0.25) is 0 Å². The van der Waals surface area contributed by atoms with Crippen LogP contribution in [0.3, 0.4) is 0 Å². The second kappa shape index (κ2) is 10.6. The molecule has 1 fully saturated rings. The summed E-state index contributed by atoms with van der Waals surface area (Å²) in [5.74, 6) is 0. The Balaban J connectivity index is 1.75. The van der Waals surface area contributed by atoms with Crippen molar-refractivity contribution in [3.8, 4) is 0 Å². The zero-order chi connectivity index (χ0) is 21.5. The molecule has 5 nitrogen and oxygen atoms in total. The predicted molar refractivity (Wildman–Crippen MR) is 132 cm³/mol. The maximum absolute atomic E-state index is 3.48. The number of anilines is 4. The van der Waals surface area contributed by atoms with E-state index in [0.717, 1.165) is 26.6 Å². The third-order valence-corrected chi connectivity index (χ3v) is 5.29. The molecule has 1 aliphatic heterocycles. The van der Waals surface area contributed by atoms with E-state index in [4.69, 9.17) is 0 Å². The third-order valence-electron chi connectivity index (χ3n) is 5.29. The van der Waals surface area contributed by atoms with Crippen molar-refractivity contribution in [2.75, 3.05) is 47.0 Å². The number of hydrogen-bond donors (Lipinski definition) is 2. The molecular formula is C25H39N5. The van der Waals surface area contributed by atoms with Gasteiger partial charge in [0.1, 0.15) is 0 Å². The number of benzene rings is 2. The van der Waals surface area contributed by atoms with E-state index < -0.39 is 0 Å². The molecule has 0 bridgehead atoms.